The summed E-state index contributed by atoms with van der Waals surface area (Å²) in [6, 6.07) is 22.5. The van der Waals surface area contributed by atoms with Crippen LogP contribution in [-0.2, 0) is 17.4 Å². The first kappa shape index (κ1) is 26.9. The molecule has 0 radical (unpaired) electrons. The third kappa shape index (κ3) is 9.27. The number of alkyl halides is 3. The van der Waals surface area contributed by atoms with Crippen LogP contribution in [0, 0.1) is 6.92 Å². The van der Waals surface area contributed by atoms with Crippen LogP contribution >= 0.6 is 0 Å². The van der Waals surface area contributed by atoms with Gasteiger partial charge in [-0.25, -0.2) is 0 Å². The molecular weight excluding hydrogens is 443 g/mol. The number of aliphatic carboxylic acids is 1. The lowest BCUT2D eigenvalue weighted by molar-refractivity contribution is -0.139. The molecular formula is C27H30F3NO3. The molecule has 0 amide bonds. The molecule has 0 bridgehead atoms. The molecule has 0 unspecified atom stereocenters. The third-order valence-corrected chi connectivity index (χ3v) is 4.96. The number of hydrogen-bond donors (Lipinski definition) is 2. The number of carbonyl (C=O) groups is 1. The first-order valence-corrected chi connectivity index (χ1v) is 11.1. The molecule has 182 valence electrons. The van der Waals surface area contributed by atoms with Gasteiger partial charge in [-0.3, -0.25) is 4.79 Å². The first-order chi connectivity index (χ1) is 16.2. The van der Waals surface area contributed by atoms with Gasteiger partial charge in [-0.1, -0.05) is 66.2 Å². The van der Waals surface area contributed by atoms with Gasteiger partial charge in [-0.2, -0.15) is 13.2 Å². The molecule has 0 aliphatic rings. The molecule has 0 saturated carbocycles. The second-order valence-corrected chi connectivity index (χ2v) is 7.80. The maximum Gasteiger partial charge on any atom is 0.419 e. The highest BCUT2D eigenvalue weighted by Crippen LogP contribution is 2.36. The van der Waals surface area contributed by atoms with Crippen molar-refractivity contribution in [2.45, 2.75) is 38.8 Å². The van der Waals surface area contributed by atoms with E-state index in [4.69, 9.17) is 15.6 Å². The molecule has 34 heavy (non-hydrogen) atoms. The Morgan fingerprint density at radius 3 is 2.15 bits per heavy atom. The normalized spacial score (nSPS) is 10.9. The quantitative estimate of drug-likeness (QED) is 0.348. The topological polar surface area (TPSA) is 72.5 Å². The summed E-state index contributed by atoms with van der Waals surface area (Å²) in [4.78, 5) is 9.70. The highest BCUT2D eigenvalue weighted by molar-refractivity contribution is 5.66. The van der Waals surface area contributed by atoms with E-state index >= 15 is 0 Å². The molecule has 4 nitrogen and oxygen atoms in total. The molecule has 0 saturated heterocycles. The van der Waals surface area contributed by atoms with Crippen molar-refractivity contribution < 1.29 is 27.8 Å². The van der Waals surface area contributed by atoms with Crippen molar-refractivity contribution in [1.29, 1.82) is 0 Å². The minimum Gasteiger partial charge on any atom is -0.493 e. The molecule has 0 aromatic heterocycles. The zero-order valence-corrected chi connectivity index (χ0v) is 19.1. The lowest BCUT2D eigenvalue weighted by Crippen LogP contribution is -2.10. The van der Waals surface area contributed by atoms with E-state index in [0.29, 0.717) is 24.9 Å². The summed E-state index contributed by atoms with van der Waals surface area (Å²) < 4.78 is 44.7. The fraction of sp³-hybridized carbons (Fsp3) is 0.296. The van der Waals surface area contributed by atoms with E-state index in [1.165, 1.54) is 6.07 Å². The van der Waals surface area contributed by atoms with Gasteiger partial charge >= 0.3 is 12.1 Å². The van der Waals surface area contributed by atoms with Crippen molar-refractivity contribution >= 4 is 5.97 Å². The summed E-state index contributed by atoms with van der Waals surface area (Å²) in [5, 5.41) is 7.99. The Hall–Kier alpha value is -3.32. The zero-order valence-electron chi connectivity index (χ0n) is 19.1. The maximum atomic E-state index is 13.1. The van der Waals surface area contributed by atoms with Crippen LogP contribution in [0.3, 0.4) is 0 Å². The Morgan fingerprint density at radius 2 is 1.59 bits per heavy atom. The van der Waals surface area contributed by atoms with Crippen molar-refractivity contribution in [3.8, 4) is 16.9 Å². The van der Waals surface area contributed by atoms with Crippen molar-refractivity contribution in [1.82, 2.24) is 0 Å². The molecule has 3 rings (SSSR count). The van der Waals surface area contributed by atoms with Gasteiger partial charge in [-0.15, -0.1) is 0 Å². The van der Waals surface area contributed by atoms with E-state index in [2.05, 4.69) is 36.4 Å². The lowest BCUT2D eigenvalue weighted by atomic mass is 10.0. The van der Waals surface area contributed by atoms with E-state index in [-0.39, 0.29) is 18.8 Å². The van der Waals surface area contributed by atoms with Crippen LogP contribution in [0.4, 0.5) is 13.2 Å². The van der Waals surface area contributed by atoms with Gasteiger partial charge in [0.15, 0.2) is 0 Å². The van der Waals surface area contributed by atoms with Crippen molar-refractivity contribution in [3.05, 3.63) is 89.5 Å². The Bertz CT molecular complexity index is 1020. The molecule has 0 fully saturated rings. The summed E-state index contributed by atoms with van der Waals surface area (Å²) >= 11 is 0. The van der Waals surface area contributed by atoms with Crippen LogP contribution in [0.15, 0.2) is 72.8 Å². The van der Waals surface area contributed by atoms with Crippen LogP contribution in [0.5, 0.6) is 5.75 Å². The number of nitrogens with two attached hydrogens (primary N) is 1. The van der Waals surface area contributed by atoms with Gasteiger partial charge in [-0.05, 0) is 61.6 Å². The average Bonchev–Trinajstić information content (AvgIpc) is 2.82. The molecule has 0 atom stereocenters. The number of aryl methyl sites for hydroxylation is 2. The van der Waals surface area contributed by atoms with Crippen LogP contribution in [-0.4, -0.2) is 24.2 Å². The van der Waals surface area contributed by atoms with Crippen molar-refractivity contribution in [3.63, 3.8) is 0 Å². The SMILES string of the molecule is Cc1ccc(OCCCc2ccc(-c3ccccc3)cc2)c(C(F)(F)F)c1.NCCCC(=O)O. The van der Waals surface area contributed by atoms with Crippen molar-refractivity contribution in [2.24, 2.45) is 5.73 Å². The van der Waals surface area contributed by atoms with E-state index in [0.717, 1.165) is 29.2 Å². The Kier molecular flexibility index (Phi) is 10.6. The molecule has 7 heteroatoms. The predicted molar refractivity (Wildman–Crippen MR) is 128 cm³/mol. The molecule has 0 aliphatic carbocycles. The van der Waals surface area contributed by atoms with Gasteiger partial charge in [0.05, 0.1) is 12.2 Å². The minimum absolute atomic E-state index is 0.104. The number of carboxylic acids is 1. The summed E-state index contributed by atoms with van der Waals surface area (Å²) in [6.07, 6.45) is -2.24. The summed E-state index contributed by atoms with van der Waals surface area (Å²) in [5.41, 5.74) is 8.30. The molecule has 3 aromatic carbocycles. The number of ether oxygens (including phenoxy) is 1. The average molecular weight is 474 g/mol. The first-order valence-electron chi connectivity index (χ1n) is 11.1. The van der Waals surface area contributed by atoms with E-state index in [1.807, 2.05) is 18.2 Å². The number of hydrogen-bond acceptors (Lipinski definition) is 3. The van der Waals surface area contributed by atoms with Gasteiger partial charge in [0, 0.05) is 6.42 Å². The van der Waals surface area contributed by atoms with Gasteiger partial charge in [0.2, 0.25) is 0 Å². The number of rotatable bonds is 9. The zero-order chi connectivity index (χ0) is 25.0. The third-order valence-electron chi connectivity index (χ3n) is 4.96. The van der Waals surface area contributed by atoms with Crippen LogP contribution < -0.4 is 10.5 Å². The van der Waals surface area contributed by atoms with E-state index < -0.39 is 17.7 Å². The molecule has 0 spiro atoms. The van der Waals surface area contributed by atoms with Crippen LogP contribution in [0.2, 0.25) is 0 Å². The van der Waals surface area contributed by atoms with Crippen LogP contribution in [0.25, 0.3) is 11.1 Å². The summed E-state index contributed by atoms with van der Waals surface area (Å²) in [7, 11) is 0. The summed E-state index contributed by atoms with van der Waals surface area (Å²) in [6.45, 7) is 2.34. The molecule has 3 aromatic rings. The predicted octanol–water partition coefficient (Wildman–Crippen LogP) is 6.50. The van der Waals surface area contributed by atoms with Gasteiger partial charge < -0.3 is 15.6 Å². The van der Waals surface area contributed by atoms with Gasteiger partial charge in [0.25, 0.3) is 0 Å². The number of carboxylic acid groups (broad SMARTS) is 1. The minimum atomic E-state index is -4.41. The Morgan fingerprint density at radius 1 is 0.941 bits per heavy atom. The second kappa shape index (κ2) is 13.4. The number of benzene rings is 3. The maximum absolute atomic E-state index is 13.1. The van der Waals surface area contributed by atoms with E-state index in [9.17, 15) is 18.0 Å². The molecule has 0 aliphatic heterocycles. The lowest BCUT2D eigenvalue weighted by Gasteiger charge is -2.14. The van der Waals surface area contributed by atoms with Crippen molar-refractivity contribution in [2.75, 3.05) is 13.2 Å². The van der Waals surface area contributed by atoms with Gasteiger partial charge in [0.1, 0.15) is 5.75 Å². The second-order valence-electron chi connectivity index (χ2n) is 7.80. The smallest absolute Gasteiger partial charge is 0.419 e. The highest BCUT2D eigenvalue weighted by Gasteiger charge is 2.34. The summed E-state index contributed by atoms with van der Waals surface area (Å²) in [5.74, 6) is -0.877. The molecule has 3 N–H and O–H groups in total. The highest BCUT2D eigenvalue weighted by atomic mass is 19.4. The van der Waals surface area contributed by atoms with Crippen LogP contribution in [0.1, 0.15) is 36.0 Å². The van der Waals surface area contributed by atoms with E-state index in [1.54, 1.807) is 13.0 Å². The fourth-order valence-electron chi connectivity index (χ4n) is 3.20. The standard InChI is InChI=1S/C23H21F3O.C4H9NO2/c1-17-9-14-22(21(16-17)23(24,25)26)27-15-5-6-18-10-12-20(13-11-18)19-7-3-2-4-8-19;5-3-1-2-4(6)7/h2-4,7-14,16H,5-6,15H2,1H3;1-3,5H2,(H,6,7). The fourth-order valence-corrected chi connectivity index (χ4v) is 3.20. The monoisotopic (exact) mass is 473 g/mol. The Balaban J connectivity index is 0.000000509. The number of halogens is 3. The Labute approximate surface area is 198 Å². The molecule has 0 heterocycles. The largest absolute Gasteiger partial charge is 0.493 e.